The van der Waals surface area contributed by atoms with E-state index in [1.165, 1.54) is 16.6 Å². The maximum absolute atomic E-state index is 13.4. The second kappa shape index (κ2) is 7.76. The fourth-order valence-electron chi connectivity index (χ4n) is 4.19. The predicted octanol–water partition coefficient (Wildman–Crippen LogP) is 4.43. The van der Waals surface area contributed by atoms with E-state index in [1.807, 2.05) is 27.7 Å². The van der Waals surface area contributed by atoms with Crippen LogP contribution in [0.2, 0.25) is 0 Å². The minimum absolute atomic E-state index is 0.197. The monoisotopic (exact) mass is 440 g/mol. The molecule has 0 bridgehead atoms. The minimum atomic E-state index is -0.540. The number of aryl methyl sites for hydroxylation is 1. The quantitative estimate of drug-likeness (QED) is 0.640. The Morgan fingerprint density at radius 3 is 2.41 bits per heavy atom. The summed E-state index contributed by atoms with van der Waals surface area (Å²) < 4.78 is 20.3. The molecule has 1 fully saturated rings. The van der Waals surface area contributed by atoms with Crippen molar-refractivity contribution in [1.29, 1.82) is 0 Å². The van der Waals surface area contributed by atoms with Crippen molar-refractivity contribution in [2.75, 3.05) is 13.1 Å². The molecule has 170 valence electrons. The SMILES string of the molecule is Cc1[nH]n2c(=O)cc(C3(C)CCN(C(=O)OC(C)(C)C)CC3)nc2c1-c1ccc(F)cc1. The second-order valence-corrected chi connectivity index (χ2v) is 9.79. The van der Waals surface area contributed by atoms with Crippen molar-refractivity contribution in [3.8, 4) is 11.1 Å². The number of amides is 1. The number of carbonyl (C=O) groups excluding carboxylic acids is 1. The maximum Gasteiger partial charge on any atom is 0.410 e. The molecule has 1 aromatic carbocycles. The van der Waals surface area contributed by atoms with Crippen LogP contribution in [0.1, 0.15) is 51.9 Å². The van der Waals surface area contributed by atoms with Gasteiger partial charge < -0.3 is 9.64 Å². The van der Waals surface area contributed by atoms with Gasteiger partial charge in [0.05, 0.1) is 5.69 Å². The van der Waals surface area contributed by atoms with E-state index in [-0.39, 0.29) is 22.9 Å². The summed E-state index contributed by atoms with van der Waals surface area (Å²) in [6.07, 6.45) is 1.02. The Labute approximate surface area is 186 Å². The molecule has 0 unspecified atom stereocenters. The fourth-order valence-corrected chi connectivity index (χ4v) is 4.19. The molecule has 0 atom stereocenters. The lowest BCUT2D eigenvalue weighted by Crippen LogP contribution is -2.46. The summed E-state index contributed by atoms with van der Waals surface area (Å²) in [5, 5.41) is 3.07. The number of nitrogens with zero attached hydrogens (tertiary/aromatic N) is 3. The third-order valence-corrected chi connectivity index (χ3v) is 6.07. The number of nitrogens with one attached hydrogen (secondary N) is 1. The molecule has 32 heavy (non-hydrogen) atoms. The molecule has 1 amide bonds. The van der Waals surface area contributed by atoms with Gasteiger partial charge in [-0.3, -0.25) is 9.89 Å². The van der Waals surface area contributed by atoms with Gasteiger partial charge in [0.15, 0.2) is 5.65 Å². The molecule has 8 heteroatoms. The van der Waals surface area contributed by atoms with Crippen molar-refractivity contribution in [3.05, 3.63) is 57.9 Å². The van der Waals surface area contributed by atoms with Crippen molar-refractivity contribution in [1.82, 2.24) is 19.5 Å². The van der Waals surface area contributed by atoms with Gasteiger partial charge in [0.25, 0.3) is 5.56 Å². The van der Waals surface area contributed by atoms with Crippen LogP contribution in [0.25, 0.3) is 16.8 Å². The molecule has 4 rings (SSSR count). The number of aromatic nitrogens is 3. The molecule has 0 radical (unpaired) electrons. The van der Waals surface area contributed by atoms with Gasteiger partial charge in [0.1, 0.15) is 11.4 Å². The summed E-state index contributed by atoms with van der Waals surface area (Å²) in [7, 11) is 0. The van der Waals surface area contributed by atoms with Crippen molar-refractivity contribution >= 4 is 11.7 Å². The molecule has 1 N–H and O–H groups in total. The third kappa shape index (κ3) is 4.13. The number of fused-ring (bicyclic) bond motifs is 1. The van der Waals surface area contributed by atoms with E-state index in [2.05, 4.69) is 12.0 Å². The number of hydrogen-bond acceptors (Lipinski definition) is 4. The minimum Gasteiger partial charge on any atom is -0.444 e. The second-order valence-electron chi connectivity index (χ2n) is 9.79. The first-order valence-corrected chi connectivity index (χ1v) is 10.8. The molecule has 0 saturated carbocycles. The number of halogens is 1. The van der Waals surface area contributed by atoms with E-state index < -0.39 is 5.60 Å². The average molecular weight is 441 g/mol. The van der Waals surface area contributed by atoms with Crippen molar-refractivity contribution in [3.63, 3.8) is 0 Å². The van der Waals surface area contributed by atoms with Crippen molar-refractivity contribution in [2.24, 2.45) is 0 Å². The molecule has 2 aromatic heterocycles. The Morgan fingerprint density at radius 2 is 1.81 bits per heavy atom. The van der Waals surface area contributed by atoms with Crippen LogP contribution in [-0.2, 0) is 10.2 Å². The standard InChI is InChI=1S/C24H29FN4O3/c1-15-20(16-6-8-17(25)9-7-16)21-26-18(14-19(30)29(21)27-15)24(5)10-12-28(13-11-24)22(31)32-23(2,3)4/h6-9,14,27H,10-13H2,1-5H3. The molecule has 3 aromatic rings. The van der Waals surface area contributed by atoms with Gasteiger partial charge in [-0.15, -0.1) is 0 Å². The number of ether oxygens (including phenoxy) is 1. The van der Waals surface area contributed by atoms with Gasteiger partial charge in [-0.1, -0.05) is 19.1 Å². The molecule has 1 aliphatic heterocycles. The van der Waals surface area contributed by atoms with Gasteiger partial charge in [0, 0.05) is 35.8 Å². The summed E-state index contributed by atoms with van der Waals surface area (Å²) in [6.45, 7) is 10.6. The van der Waals surface area contributed by atoms with Crippen LogP contribution >= 0.6 is 0 Å². The number of hydrogen-bond donors (Lipinski definition) is 1. The van der Waals surface area contributed by atoms with E-state index in [0.29, 0.717) is 37.3 Å². The molecule has 7 nitrogen and oxygen atoms in total. The highest BCUT2D eigenvalue weighted by Crippen LogP contribution is 2.35. The molecular formula is C24H29FN4O3. The zero-order valence-electron chi connectivity index (χ0n) is 19.2. The molecule has 0 spiro atoms. The number of piperidine rings is 1. The van der Waals surface area contributed by atoms with Crippen LogP contribution < -0.4 is 5.56 Å². The maximum atomic E-state index is 13.4. The lowest BCUT2D eigenvalue weighted by molar-refractivity contribution is 0.0170. The lowest BCUT2D eigenvalue weighted by atomic mass is 9.77. The lowest BCUT2D eigenvalue weighted by Gasteiger charge is -2.39. The highest BCUT2D eigenvalue weighted by Gasteiger charge is 2.36. The molecule has 0 aliphatic carbocycles. The molecule has 3 heterocycles. The van der Waals surface area contributed by atoms with Crippen molar-refractivity contribution in [2.45, 2.75) is 58.5 Å². The van der Waals surface area contributed by atoms with E-state index in [0.717, 1.165) is 16.8 Å². The number of rotatable bonds is 2. The predicted molar refractivity (Wildman–Crippen MR) is 120 cm³/mol. The van der Waals surface area contributed by atoms with Gasteiger partial charge >= 0.3 is 6.09 Å². The summed E-state index contributed by atoms with van der Waals surface area (Å²) in [5.41, 5.74) is 2.48. The Hall–Kier alpha value is -3.16. The van der Waals surface area contributed by atoms with Crippen LogP contribution in [0.4, 0.5) is 9.18 Å². The normalized spacial score (nSPS) is 16.4. The van der Waals surface area contributed by atoms with Crippen molar-refractivity contribution < 1.29 is 13.9 Å². The van der Waals surface area contributed by atoms with E-state index in [4.69, 9.17) is 9.72 Å². The Morgan fingerprint density at radius 1 is 1.19 bits per heavy atom. The first-order chi connectivity index (χ1) is 15.0. The van der Waals surface area contributed by atoms with Crippen LogP contribution in [0.3, 0.4) is 0 Å². The first-order valence-electron chi connectivity index (χ1n) is 10.8. The van der Waals surface area contributed by atoms with Gasteiger partial charge in [0.2, 0.25) is 0 Å². The molecule has 1 aliphatic rings. The largest absolute Gasteiger partial charge is 0.444 e. The first kappa shape index (κ1) is 22.0. The summed E-state index contributed by atoms with van der Waals surface area (Å²) in [6, 6.07) is 7.74. The zero-order chi connectivity index (χ0) is 23.3. The Bertz CT molecular complexity index is 1210. The van der Waals surface area contributed by atoms with Gasteiger partial charge in [-0.25, -0.2) is 18.7 Å². The highest BCUT2D eigenvalue weighted by molar-refractivity contribution is 5.79. The summed E-state index contributed by atoms with van der Waals surface area (Å²) >= 11 is 0. The van der Waals surface area contributed by atoms with Crippen LogP contribution in [-0.4, -0.2) is 44.3 Å². The van der Waals surface area contributed by atoms with Gasteiger partial charge in [-0.2, -0.15) is 0 Å². The average Bonchev–Trinajstić information content (AvgIpc) is 3.04. The van der Waals surface area contributed by atoms with Gasteiger partial charge in [-0.05, 0) is 58.2 Å². The highest BCUT2D eigenvalue weighted by atomic mass is 19.1. The molecule has 1 saturated heterocycles. The number of benzene rings is 1. The molecular weight excluding hydrogens is 411 g/mol. The summed E-state index contributed by atoms with van der Waals surface area (Å²) in [4.78, 5) is 31.9. The number of carbonyl (C=O) groups is 1. The third-order valence-electron chi connectivity index (χ3n) is 6.07. The number of H-pyrrole nitrogens is 1. The zero-order valence-corrected chi connectivity index (χ0v) is 19.2. The number of likely N-dealkylation sites (tertiary alicyclic amines) is 1. The topological polar surface area (TPSA) is 79.7 Å². The van der Waals surface area contributed by atoms with E-state index in [9.17, 15) is 14.0 Å². The Balaban J connectivity index is 1.67. The fraction of sp³-hybridized carbons (Fsp3) is 0.458. The summed E-state index contributed by atoms with van der Waals surface area (Å²) in [5.74, 6) is -0.318. The van der Waals surface area contributed by atoms with Crippen LogP contribution in [0, 0.1) is 12.7 Å². The van der Waals surface area contributed by atoms with E-state index >= 15 is 0 Å². The number of aromatic amines is 1. The van der Waals surface area contributed by atoms with Crippen LogP contribution in [0.15, 0.2) is 35.1 Å². The Kier molecular flexibility index (Phi) is 5.35. The van der Waals surface area contributed by atoms with Crippen LogP contribution in [0.5, 0.6) is 0 Å². The van der Waals surface area contributed by atoms with E-state index in [1.54, 1.807) is 23.1 Å². The smallest absolute Gasteiger partial charge is 0.410 e.